The fourth-order valence-corrected chi connectivity index (χ4v) is 6.71. The van der Waals surface area contributed by atoms with E-state index in [4.69, 9.17) is 18.5 Å². The van der Waals surface area contributed by atoms with Crippen molar-refractivity contribution in [1.82, 2.24) is 0 Å². The monoisotopic (exact) mass is 863 g/mol. The van der Waals surface area contributed by atoms with E-state index in [9.17, 15) is 19.0 Å². The van der Waals surface area contributed by atoms with Crippen molar-refractivity contribution in [3.8, 4) is 0 Å². The van der Waals surface area contributed by atoms with Crippen molar-refractivity contribution in [2.24, 2.45) is 0 Å². The molecule has 9 nitrogen and oxygen atoms in total. The second-order valence-corrected chi connectivity index (χ2v) is 18.2. The Kier molecular flexibility index (Phi) is 40.0. The highest BCUT2D eigenvalue weighted by molar-refractivity contribution is 7.47. The van der Waals surface area contributed by atoms with Crippen LogP contribution in [0.25, 0.3) is 0 Å². The number of hydrogen-bond donors (Lipinski definition) is 1. The van der Waals surface area contributed by atoms with E-state index in [1.807, 2.05) is 21.1 Å². The fraction of sp³-hybridized carbons (Fsp3) is 0.720. The van der Waals surface area contributed by atoms with Gasteiger partial charge in [0.2, 0.25) is 0 Å². The molecule has 2 atom stereocenters. The number of allylic oxidation sites excluding steroid dienone is 12. The van der Waals surface area contributed by atoms with Gasteiger partial charge < -0.3 is 18.9 Å². The Hall–Kier alpha value is -2.55. The van der Waals surface area contributed by atoms with E-state index >= 15 is 0 Å². The zero-order chi connectivity index (χ0) is 44.3. The Labute approximate surface area is 368 Å². The van der Waals surface area contributed by atoms with Crippen LogP contribution in [0.4, 0.5) is 0 Å². The number of rotatable bonds is 42. The minimum absolute atomic E-state index is 0.0211. The Morgan fingerprint density at radius 1 is 0.517 bits per heavy atom. The van der Waals surface area contributed by atoms with Crippen LogP contribution in [0.15, 0.2) is 72.9 Å². The van der Waals surface area contributed by atoms with Gasteiger partial charge in [0.25, 0.3) is 0 Å². The fourth-order valence-electron chi connectivity index (χ4n) is 5.97. The van der Waals surface area contributed by atoms with Gasteiger partial charge in [-0.1, -0.05) is 151 Å². The minimum Gasteiger partial charge on any atom is -0.462 e. The van der Waals surface area contributed by atoms with Crippen molar-refractivity contribution in [1.29, 1.82) is 0 Å². The molecular weight excluding hydrogens is 774 g/mol. The number of nitrogens with zero attached hydrogens (tertiary/aromatic N) is 1. The van der Waals surface area contributed by atoms with Crippen LogP contribution in [0.1, 0.15) is 181 Å². The summed E-state index contributed by atoms with van der Waals surface area (Å²) in [5.74, 6) is -0.848. The molecule has 0 spiro atoms. The zero-order valence-electron chi connectivity index (χ0n) is 38.9. The van der Waals surface area contributed by atoms with Crippen molar-refractivity contribution >= 4 is 19.8 Å². The molecule has 0 aromatic rings. The van der Waals surface area contributed by atoms with E-state index in [1.165, 1.54) is 70.6 Å². The van der Waals surface area contributed by atoms with Crippen LogP contribution in [0.2, 0.25) is 0 Å². The van der Waals surface area contributed by atoms with Gasteiger partial charge in [0.15, 0.2) is 6.10 Å². The molecule has 0 bridgehead atoms. The quantitative estimate of drug-likeness (QED) is 0.0212. The molecule has 0 aliphatic carbocycles. The predicted octanol–water partition coefficient (Wildman–Crippen LogP) is 13.8. The predicted molar refractivity (Wildman–Crippen MR) is 252 cm³/mol. The van der Waals surface area contributed by atoms with Crippen molar-refractivity contribution in [2.75, 3.05) is 47.5 Å². The van der Waals surface area contributed by atoms with Crippen molar-refractivity contribution in [3.63, 3.8) is 0 Å². The van der Waals surface area contributed by atoms with Gasteiger partial charge in [0, 0.05) is 12.8 Å². The molecule has 1 N–H and O–H groups in total. The lowest BCUT2D eigenvalue weighted by molar-refractivity contribution is -0.870. The van der Waals surface area contributed by atoms with Gasteiger partial charge in [0.1, 0.15) is 19.8 Å². The highest BCUT2D eigenvalue weighted by atomic mass is 31.2. The van der Waals surface area contributed by atoms with Gasteiger partial charge in [-0.05, 0) is 89.9 Å². The average molecular weight is 863 g/mol. The lowest BCUT2D eigenvalue weighted by Crippen LogP contribution is -2.37. The Balaban J connectivity index is 4.41. The minimum atomic E-state index is -4.39. The number of quaternary nitrogens is 1. The van der Waals surface area contributed by atoms with E-state index in [2.05, 4.69) is 86.8 Å². The number of likely N-dealkylation sites (N-methyl/N-ethyl adjacent to an activating group) is 1. The van der Waals surface area contributed by atoms with E-state index in [-0.39, 0.29) is 26.1 Å². The maximum absolute atomic E-state index is 12.7. The summed E-state index contributed by atoms with van der Waals surface area (Å²) in [6.45, 7) is 4.31. The lowest BCUT2D eigenvalue weighted by Gasteiger charge is -2.24. The first kappa shape index (κ1) is 57.4. The summed E-state index contributed by atoms with van der Waals surface area (Å²) in [7, 11) is 1.44. The first-order valence-corrected chi connectivity index (χ1v) is 25.2. The molecule has 0 aromatic carbocycles. The third-order valence-corrected chi connectivity index (χ3v) is 10.7. The first-order chi connectivity index (χ1) is 29.0. The Bertz CT molecular complexity index is 1250. The van der Waals surface area contributed by atoms with E-state index < -0.39 is 32.5 Å². The van der Waals surface area contributed by atoms with Crippen molar-refractivity contribution < 1.29 is 42.1 Å². The van der Waals surface area contributed by atoms with Crippen LogP contribution in [-0.4, -0.2) is 74.9 Å². The first-order valence-electron chi connectivity index (χ1n) is 23.7. The molecule has 0 aliphatic heterocycles. The van der Waals surface area contributed by atoms with Gasteiger partial charge in [-0.25, -0.2) is 4.57 Å². The molecule has 0 fully saturated rings. The number of ether oxygens (including phenoxy) is 2. The molecule has 0 saturated heterocycles. The van der Waals surface area contributed by atoms with Gasteiger partial charge in [0.05, 0.1) is 27.7 Å². The van der Waals surface area contributed by atoms with Crippen LogP contribution in [0.3, 0.4) is 0 Å². The number of unbranched alkanes of at least 4 members (excludes halogenated alkanes) is 16. The van der Waals surface area contributed by atoms with Gasteiger partial charge in [-0.15, -0.1) is 0 Å². The molecule has 0 aromatic heterocycles. The van der Waals surface area contributed by atoms with Crippen LogP contribution in [-0.2, 0) is 32.7 Å². The molecule has 1 unspecified atom stereocenters. The summed E-state index contributed by atoms with van der Waals surface area (Å²) in [4.78, 5) is 35.4. The van der Waals surface area contributed by atoms with E-state index in [0.29, 0.717) is 23.9 Å². The van der Waals surface area contributed by atoms with Gasteiger partial charge >= 0.3 is 19.8 Å². The standard InChI is InChI=1S/C50H88NO8P/c1-6-8-10-12-14-16-18-20-22-24-25-27-28-30-32-34-36-38-40-42-49(52)56-46-48(47-58-60(54,55)57-45-44-51(3,4)5)59-50(53)43-41-39-37-35-33-31-29-26-23-21-19-17-15-13-11-9-7-2/h14-17,20-23,25,27,30,32,48H,6-13,18-19,24,26,28-29,31,33-47H2,1-5H3/p+1/b16-14-,17-15-,22-20-,23-21-,27-25-,32-30-/t48-/m1/s1. The summed E-state index contributed by atoms with van der Waals surface area (Å²) in [6, 6.07) is 0. The summed E-state index contributed by atoms with van der Waals surface area (Å²) >= 11 is 0. The molecule has 0 aliphatic rings. The smallest absolute Gasteiger partial charge is 0.462 e. The van der Waals surface area contributed by atoms with E-state index in [1.54, 1.807) is 0 Å². The molecule has 0 saturated carbocycles. The number of phosphoric acid groups is 1. The summed E-state index contributed by atoms with van der Waals surface area (Å²) < 4.78 is 34.3. The molecule has 0 rings (SSSR count). The highest BCUT2D eigenvalue weighted by Gasteiger charge is 2.27. The normalized spacial score (nSPS) is 14.2. The molecule has 60 heavy (non-hydrogen) atoms. The van der Waals surface area contributed by atoms with Crippen LogP contribution >= 0.6 is 7.82 Å². The SMILES string of the molecule is CCCCC/C=C\C/C=C\C/C=C\C/C=C\CCCCCC(=O)OC[C@H](COP(=O)(O)OCC[N+](C)(C)C)OC(=O)CCCCCCCCC/C=C\C/C=C\CCCCC. The third-order valence-electron chi connectivity index (χ3n) is 9.71. The number of carbonyl (C=O) groups excluding carboxylic acids is 2. The highest BCUT2D eigenvalue weighted by Crippen LogP contribution is 2.43. The lowest BCUT2D eigenvalue weighted by atomic mass is 10.1. The number of carbonyl (C=O) groups is 2. The second-order valence-electron chi connectivity index (χ2n) is 16.8. The average Bonchev–Trinajstić information content (AvgIpc) is 3.20. The van der Waals surface area contributed by atoms with Crippen molar-refractivity contribution in [2.45, 2.75) is 187 Å². The second kappa shape index (κ2) is 41.8. The van der Waals surface area contributed by atoms with Gasteiger partial charge in [-0.2, -0.15) is 0 Å². The van der Waals surface area contributed by atoms with Crippen LogP contribution in [0, 0.1) is 0 Å². The van der Waals surface area contributed by atoms with Gasteiger partial charge in [-0.3, -0.25) is 18.6 Å². The maximum atomic E-state index is 12.7. The Morgan fingerprint density at radius 2 is 0.900 bits per heavy atom. The third kappa shape index (κ3) is 45.0. The summed E-state index contributed by atoms with van der Waals surface area (Å²) in [5, 5.41) is 0. The number of phosphoric ester groups is 1. The molecule has 0 radical (unpaired) electrons. The molecule has 0 heterocycles. The molecular formula is C50H89NO8P+. The largest absolute Gasteiger partial charge is 0.472 e. The van der Waals surface area contributed by atoms with E-state index in [0.717, 1.165) is 70.6 Å². The van der Waals surface area contributed by atoms with Crippen LogP contribution in [0.5, 0.6) is 0 Å². The molecule has 10 heteroatoms. The maximum Gasteiger partial charge on any atom is 0.472 e. The summed E-state index contributed by atoms with van der Waals surface area (Å²) in [6.07, 6.45) is 52.3. The van der Waals surface area contributed by atoms with Crippen molar-refractivity contribution in [3.05, 3.63) is 72.9 Å². The molecule has 0 amide bonds. The number of esters is 2. The summed E-state index contributed by atoms with van der Waals surface area (Å²) in [5.41, 5.74) is 0. The Morgan fingerprint density at radius 3 is 1.35 bits per heavy atom. The number of hydrogen-bond acceptors (Lipinski definition) is 7. The topological polar surface area (TPSA) is 108 Å². The zero-order valence-corrected chi connectivity index (χ0v) is 39.8. The van der Waals surface area contributed by atoms with Crippen LogP contribution < -0.4 is 0 Å². The molecule has 346 valence electrons.